The van der Waals surface area contributed by atoms with Gasteiger partial charge in [-0.3, -0.25) is 0 Å². The van der Waals surface area contributed by atoms with Gasteiger partial charge in [-0.15, -0.1) is 0 Å². The van der Waals surface area contributed by atoms with E-state index < -0.39 is 12.0 Å². The first kappa shape index (κ1) is 13.5. The molecule has 2 aromatic heterocycles. The number of aromatic nitrogens is 4. The Labute approximate surface area is 109 Å². The van der Waals surface area contributed by atoms with Gasteiger partial charge < -0.3 is 5.43 Å². The molecule has 0 fully saturated rings. The Morgan fingerprint density at radius 2 is 2.00 bits per heavy atom. The number of alkyl halides is 3. The van der Waals surface area contributed by atoms with Gasteiger partial charge >= 0.3 is 6.18 Å². The molecule has 6 nitrogen and oxygen atoms in total. The maximum absolute atomic E-state index is 12.6. The Balaban J connectivity index is 2.35. The molecule has 0 aliphatic heterocycles. The van der Waals surface area contributed by atoms with E-state index in [1.807, 2.05) is 0 Å². The summed E-state index contributed by atoms with van der Waals surface area (Å²) in [5.74, 6) is 3.69. The lowest BCUT2D eigenvalue weighted by atomic mass is 10.5. The van der Waals surface area contributed by atoms with Crippen molar-refractivity contribution < 1.29 is 13.2 Å². The Hall–Kier alpha value is -1.94. The lowest BCUT2D eigenvalue weighted by molar-refractivity contribution is -0.145. The number of nitrogens with zero attached hydrogens (tertiary/aromatic N) is 4. The monoisotopic (exact) mass is 288 g/mol. The minimum Gasteiger partial charge on any atom is -0.308 e. The third-order valence-electron chi connectivity index (χ3n) is 1.87. The maximum Gasteiger partial charge on any atom is 0.451 e. The van der Waals surface area contributed by atoms with Crippen LogP contribution in [0.5, 0.6) is 0 Å². The zero-order valence-electron chi connectivity index (χ0n) is 9.22. The third-order valence-corrected chi connectivity index (χ3v) is 2.74. The van der Waals surface area contributed by atoms with Crippen LogP contribution in [0.1, 0.15) is 5.82 Å². The average Bonchev–Trinajstić information content (AvgIpc) is 2.38. The minimum atomic E-state index is -4.64. The molecule has 0 spiro atoms. The Bertz CT molecular complexity index is 562. The molecule has 2 heterocycles. The van der Waals surface area contributed by atoms with Crippen molar-refractivity contribution in [2.75, 3.05) is 5.43 Å². The minimum absolute atomic E-state index is 0.0778. The molecular formula is C9H7F3N6S. The number of anilines is 1. The molecule has 0 saturated carbocycles. The highest BCUT2D eigenvalue weighted by Crippen LogP contribution is 2.31. The second kappa shape index (κ2) is 5.36. The van der Waals surface area contributed by atoms with E-state index in [2.05, 4.69) is 25.4 Å². The lowest BCUT2D eigenvalue weighted by Gasteiger charge is -2.09. The largest absolute Gasteiger partial charge is 0.451 e. The zero-order chi connectivity index (χ0) is 13.9. The zero-order valence-corrected chi connectivity index (χ0v) is 10.0. The number of hydrogen-bond donors (Lipinski definition) is 2. The molecule has 10 heteroatoms. The van der Waals surface area contributed by atoms with Gasteiger partial charge in [0.15, 0.2) is 0 Å². The summed E-state index contributed by atoms with van der Waals surface area (Å²) in [6.45, 7) is 0. The van der Waals surface area contributed by atoms with Crippen LogP contribution in [0.25, 0.3) is 0 Å². The highest BCUT2D eigenvalue weighted by Gasteiger charge is 2.35. The lowest BCUT2D eigenvalue weighted by Crippen LogP contribution is -2.16. The van der Waals surface area contributed by atoms with E-state index in [0.717, 1.165) is 11.8 Å². The van der Waals surface area contributed by atoms with Crippen LogP contribution in [0.15, 0.2) is 34.7 Å². The quantitative estimate of drug-likeness (QED) is 0.505. The van der Waals surface area contributed by atoms with Gasteiger partial charge in [0.1, 0.15) is 22.2 Å². The molecule has 0 unspecified atom stereocenters. The Morgan fingerprint density at radius 3 is 2.58 bits per heavy atom. The molecular weight excluding hydrogens is 281 g/mol. The first-order valence-corrected chi connectivity index (χ1v) is 5.67. The van der Waals surface area contributed by atoms with Crippen molar-refractivity contribution in [1.82, 2.24) is 19.9 Å². The molecule has 0 aliphatic carbocycles. The van der Waals surface area contributed by atoms with Crippen molar-refractivity contribution >= 4 is 17.6 Å². The van der Waals surface area contributed by atoms with Gasteiger partial charge in [0, 0.05) is 12.3 Å². The van der Waals surface area contributed by atoms with Crippen LogP contribution in [-0.2, 0) is 6.18 Å². The molecule has 100 valence electrons. The first-order valence-electron chi connectivity index (χ1n) is 4.86. The number of nitrogens with one attached hydrogen (secondary N) is 1. The fourth-order valence-corrected chi connectivity index (χ4v) is 1.87. The summed E-state index contributed by atoms with van der Waals surface area (Å²) in [6.07, 6.45) is -1.88. The van der Waals surface area contributed by atoms with Gasteiger partial charge in [-0.2, -0.15) is 13.2 Å². The molecule has 0 atom stereocenters. The van der Waals surface area contributed by atoms with E-state index in [9.17, 15) is 13.2 Å². The van der Waals surface area contributed by atoms with Crippen molar-refractivity contribution in [3.63, 3.8) is 0 Å². The number of nitrogen functional groups attached to an aromatic ring is 1. The summed E-state index contributed by atoms with van der Waals surface area (Å²) in [5, 5.41) is 0.541. The van der Waals surface area contributed by atoms with E-state index in [1.165, 1.54) is 18.6 Å². The second-order valence-corrected chi connectivity index (χ2v) is 4.25. The fourth-order valence-electron chi connectivity index (χ4n) is 1.12. The molecule has 19 heavy (non-hydrogen) atoms. The van der Waals surface area contributed by atoms with Crippen LogP contribution < -0.4 is 11.3 Å². The van der Waals surface area contributed by atoms with Crippen LogP contribution in [0.4, 0.5) is 19.0 Å². The van der Waals surface area contributed by atoms with Crippen molar-refractivity contribution in [3.8, 4) is 0 Å². The molecule has 0 saturated heterocycles. The van der Waals surface area contributed by atoms with E-state index in [4.69, 9.17) is 5.84 Å². The number of hydrazine groups is 1. The van der Waals surface area contributed by atoms with E-state index >= 15 is 0 Å². The maximum atomic E-state index is 12.6. The molecule has 0 amide bonds. The van der Waals surface area contributed by atoms with E-state index in [1.54, 1.807) is 6.07 Å². The highest BCUT2D eigenvalue weighted by molar-refractivity contribution is 7.99. The number of hydrogen-bond acceptors (Lipinski definition) is 7. The van der Waals surface area contributed by atoms with Gasteiger partial charge in [0.25, 0.3) is 0 Å². The van der Waals surface area contributed by atoms with Gasteiger partial charge in [-0.1, -0.05) is 0 Å². The average molecular weight is 288 g/mol. The SMILES string of the molecule is NNc1cc(Sc2ccncn2)nc(C(F)(F)F)n1. The predicted molar refractivity (Wildman–Crippen MR) is 61.0 cm³/mol. The first-order chi connectivity index (χ1) is 8.99. The molecule has 0 aromatic carbocycles. The Kier molecular flexibility index (Phi) is 3.81. The molecule has 2 aromatic rings. The molecule has 0 bridgehead atoms. The van der Waals surface area contributed by atoms with Crippen molar-refractivity contribution in [3.05, 3.63) is 30.5 Å². The van der Waals surface area contributed by atoms with Gasteiger partial charge in [-0.25, -0.2) is 25.8 Å². The molecule has 3 N–H and O–H groups in total. The highest BCUT2D eigenvalue weighted by atomic mass is 32.2. The molecule has 0 radical (unpaired) electrons. The topological polar surface area (TPSA) is 89.6 Å². The van der Waals surface area contributed by atoms with Gasteiger partial charge in [0.2, 0.25) is 5.82 Å². The standard InChI is InChI=1S/C9H7F3N6S/c10-9(11,12)8-16-5(18-13)3-7(17-8)19-6-1-2-14-4-15-6/h1-4H,13H2,(H,16,17,18). The predicted octanol–water partition coefficient (Wildman–Crippen LogP) is 1.72. The fraction of sp³-hybridized carbons (Fsp3) is 0.111. The summed E-state index contributed by atoms with van der Waals surface area (Å²) in [6, 6.07) is 2.84. The van der Waals surface area contributed by atoms with Crippen molar-refractivity contribution in [2.24, 2.45) is 5.84 Å². The van der Waals surface area contributed by atoms with Crippen molar-refractivity contribution in [2.45, 2.75) is 16.2 Å². The van der Waals surface area contributed by atoms with Crippen LogP contribution in [0, 0.1) is 0 Å². The summed E-state index contributed by atoms with van der Waals surface area (Å²) in [4.78, 5) is 14.3. The van der Waals surface area contributed by atoms with E-state index in [0.29, 0.717) is 5.03 Å². The summed E-state index contributed by atoms with van der Waals surface area (Å²) >= 11 is 0.950. The molecule has 0 aliphatic rings. The number of rotatable bonds is 3. The molecule has 2 rings (SSSR count). The summed E-state index contributed by atoms with van der Waals surface area (Å²) in [7, 11) is 0. The van der Waals surface area contributed by atoms with Crippen molar-refractivity contribution in [1.29, 1.82) is 0 Å². The Morgan fingerprint density at radius 1 is 1.21 bits per heavy atom. The van der Waals surface area contributed by atoms with Crippen LogP contribution in [0.3, 0.4) is 0 Å². The van der Waals surface area contributed by atoms with E-state index in [-0.39, 0.29) is 10.8 Å². The van der Waals surface area contributed by atoms with Crippen LogP contribution in [-0.4, -0.2) is 19.9 Å². The van der Waals surface area contributed by atoms with Gasteiger partial charge in [-0.05, 0) is 17.8 Å². The van der Waals surface area contributed by atoms with Crippen LogP contribution >= 0.6 is 11.8 Å². The number of halogens is 3. The van der Waals surface area contributed by atoms with Gasteiger partial charge in [0.05, 0.1) is 0 Å². The summed E-state index contributed by atoms with van der Waals surface area (Å²) < 4.78 is 37.8. The third kappa shape index (κ3) is 3.51. The normalized spacial score (nSPS) is 11.4. The second-order valence-electron chi connectivity index (χ2n) is 3.21. The van der Waals surface area contributed by atoms with Crippen LogP contribution in [0.2, 0.25) is 0 Å². The summed E-state index contributed by atoms with van der Waals surface area (Å²) in [5.41, 5.74) is 2.07. The smallest absolute Gasteiger partial charge is 0.308 e. The number of nitrogens with two attached hydrogens (primary N) is 1.